The highest BCUT2D eigenvalue weighted by molar-refractivity contribution is 6.07. The number of hydrogen-bond donors (Lipinski definition) is 0. The quantitative estimate of drug-likeness (QED) is 0.110. The highest BCUT2D eigenvalue weighted by atomic mass is 16.5. The molecule has 0 aliphatic rings. The molecule has 56 heavy (non-hydrogen) atoms. The highest BCUT2D eigenvalue weighted by Crippen LogP contribution is 2.50. The number of carbonyl (C=O) groups is 2. The molecule has 0 fully saturated rings. The molecule has 8 aromatic rings. The zero-order chi connectivity index (χ0) is 38.4. The van der Waals surface area contributed by atoms with Gasteiger partial charge in [0.15, 0.2) is 0 Å². The van der Waals surface area contributed by atoms with Crippen LogP contribution in [0.2, 0.25) is 0 Å². The van der Waals surface area contributed by atoms with Gasteiger partial charge in [-0.2, -0.15) is 0 Å². The monoisotopic (exact) mass is 726 g/mol. The zero-order valence-electron chi connectivity index (χ0n) is 31.1. The molecule has 0 spiro atoms. The Morgan fingerprint density at radius 3 is 0.946 bits per heavy atom. The molecule has 0 atom stereocenters. The topological polar surface area (TPSA) is 52.6 Å². The van der Waals surface area contributed by atoms with Gasteiger partial charge >= 0.3 is 11.9 Å². The first-order chi connectivity index (χ1) is 27.4. The molecule has 0 aromatic heterocycles. The molecule has 0 bridgehead atoms. The van der Waals surface area contributed by atoms with Crippen molar-refractivity contribution in [1.82, 2.24) is 0 Å². The van der Waals surface area contributed by atoms with E-state index >= 15 is 0 Å². The van der Waals surface area contributed by atoms with E-state index in [1.807, 2.05) is 48.5 Å². The van der Waals surface area contributed by atoms with Gasteiger partial charge in [0.2, 0.25) is 0 Å². The minimum atomic E-state index is -0.340. The predicted octanol–water partition coefficient (Wildman–Crippen LogP) is 13.2. The molecule has 8 aromatic carbocycles. The maximum Gasteiger partial charge on any atom is 0.308 e. The number of ether oxygens (including phenoxy) is 2. The van der Waals surface area contributed by atoms with Gasteiger partial charge in [-0.25, -0.2) is 0 Å². The van der Waals surface area contributed by atoms with Crippen molar-refractivity contribution >= 4 is 11.9 Å². The van der Waals surface area contributed by atoms with E-state index in [0.717, 1.165) is 77.9 Å². The van der Waals surface area contributed by atoms with E-state index in [-0.39, 0.29) is 11.9 Å². The Bertz CT molecular complexity index is 2610. The van der Waals surface area contributed by atoms with Gasteiger partial charge in [-0.3, -0.25) is 9.59 Å². The van der Waals surface area contributed by atoms with Crippen LogP contribution in [-0.2, 0) is 9.59 Å². The first-order valence-corrected chi connectivity index (χ1v) is 18.6. The second-order valence-corrected chi connectivity index (χ2v) is 13.6. The van der Waals surface area contributed by atoms with Crippen molar-refractivity contribution < 1.29 is 19.1 Å². The van der Waals surface area contributed by atoms with E-state index in [2.05, 4.69) is 146 Å². The fourth-order valence-electron chi connectivity index (χ4n) is 7.29. The van der Waals surface area contributed by atoms with Crippen LogP contribution in [0.25, 0.3) is 77.9 Å². The van der Waals surface area contributed by atoms with Crippen molar-refractivity contribution in [2.24, 2.45) is 0 Å². The molecule has 0 saturated heterocycles. The van der Waals surface area contributed by atoms with E-state index in [4.69, 9.17) is 9.47 Å². The summed E-state index contributed by atoms with van der Waals surface area (Å²) in [6, 6.07) is 66.9. The second-order valence-electron chi connectivity index (χ2n) is 13.6. The Morgan fingerprint density at radius 2 is 0.571 bits per heavy atom. The third-order valence-electron chi connectivity index (χ3n) is 9.81. The van der Waals surface area contributed by atoms with Crippen LogP contribution in [0.4, 0.5) is 0 Å². The summed E-state index contributed by atoms with van der Waals surface area (Å²) in [6.07, 6.45) is 0. The van der Waals surface area contributed by atoms with Gasteiger partial charge in [0.05, 0.1) is 0 Å². The van der Waals surface area contributed by atoms with Crippen LogP contribution in [0.5, 0.6) is 11.5 Å². The standard InChI is InChI=1S/C52H38O4/c1-35(53)55-46-30-26-39(27-31-46)37-18-22-42(23-19-37)49-34-48(41-12-6-3-7-13-41)51(52(44-16-10-5-11-17-44)50(49)43-14-8-4-9-15-43)45-24-20-38(21-25-45)40-28-32-47(33-29-40)56-36(2)54/h3-34H,1-2H3. The second kappa shape index (κ2) is 16.0. The normalized spacial score (nSPS) is 10.8. The van der Waals surface area contributed by atoms with Crippen LogP contribution < -0.4 is 9.47 Å². The van der Waals surface area contributed by atoms with E-state index in [1.165, 1.54) is 13.8 Å². The van der Waals surface area contributed by atoms with Crippen LogP contribution in [0, 0.1) is 0 Å². The van der Waals surface area contributed by atoms with Gasteiger partial charge in [-0.15, -0.1) is 0 Å². The minimum absolute atomic E-state index is 0.339. The van der Waals surface area contributed by atoms with Crippen molar-refractivity contribution in [1.29, 1.82) is 0 Å². The first-order valence-electron chi connectivity index (χ1n) is 18.6. The summed E-state index contributed by atoms with van der Waals surface area (Å²) in [6.45, 7) is 2.81. The number of rotatable bonds is 9. The van der Waals surface area contributed by atoms with Crippen molar-refractivity contribution in [3.63, 3.8) is 0 Å². The molecule has 0 radical (unpaired) electrons. The van der Waals surface area contributed by atoms with Crippen molar-refractivity contribution in [3.8, 4) is 89.4 Å². The summed E-state index contributed by atoms with van der Waals surface area (Å²) in [5.41, 5.74) is 15.4. The SMILES string of the molecule is CC(=O)Oc1ccc(-c2ccc(-c3cc(-c4ccccc4)c(-c4ccc(-c5ccc(OC(C)=O)cc5)cc4)c(-c4ccccc4)c3-c3ccccc3)cc2)cc1. The summed E-state index contributed by atoms with van der Waals surface area (Å²) in [4.78, 5) is 23.0. The minimum Gasteiger partial charge on any atom is -0.427 e. The predicted molar refractivity (Wildman–Crippen MR) is 227 cm³/mol. The highest BCUT2D eigenvalue weighted by Gasteiger charge is 2.24. The maximum absolute atomic E-state index is 11.5. The number of hydrogen-bond acceptors (Lipinski definition) is 4. The Hall–Kier alpha value is -7.30. The van der Waals surface area contributed by atoms with Gasteiger partial charge < -0.3 is 9.47 Å². The Kier molecular flexibility index (Phi) is 10.2. The summed E-state index contributed by atoms with van der Waals surface area (Å²) >= 11 is 0. The van der Waals surface area contributed by atoms with Crippen LogP contribution in [0.1, 0.15) is 13.8 Å². The lowest BCUT2D eigenvalue weighted by atomic mass is 9.78. The van der Waals surface area contributed by atoms with Crippen molar-refractivity contribution in [3.05, 3.63) is 194 Å². The number of esters is 2. The van der Waals surface area contributed by atoms with E-state index in [0.29, 0.717) is 11.5 Å². The third kappa shape index (κ3) is 7.68. The molecular formula is C52H38O4. The third-order valence-corrected chi connectivity index (χ3v) is 9.81. The molecule has 270 valence electrons. The zero-order valence-corrected chi connectivity index (χ0v) is 31.1. The Balaban J connectivity index is 1.33. The summed E-state index contributed by atoms with van der Waals surface area (Å²) < 4.78 is 10.5. The smallest absolute Gasteiger partial charge is 0.308 e. The van der Waals surface area contributed by atoms with Gasteiger partial charge in [0, 0.05) is 13.8 Å². The molecule has 0 aliphatic heterocycles. The van der Waals surface area contributed by atoms with E-state index in [1.54, 1.807) is 0 Å². The molecule has 0 unspecified atom stereocenters. The molecule has 4 heteroatoms. The molecular weight excluding hydrogens is 689 g/mol. The lowest BCUT2D eigenvalue weighted by molar-refractivity contribution is -0.132. The van der Waals surface area contributed by atoms with Gasteiger partial charge in [0.1, 0.15) is 11.5 Å². The Labute approximate surface area is 327 Å². The van der Waals surface area contributed by atoms with Crippen LogP contribution in [-0.4, -0.2) is 11.9 Å². The lowest BCUT2D eigenvalue weighted by Gasteiger charge is -2.24. The largest absolute Gasteiger partial charge is 0.427 e. The van der Waals surface area contributed by atoms with Crippen LogP contribution >= 0.6 is 0 Å². The molecule has 0 N–H and O–H groups in total. The summed E-state index contributed by atoms with van der Waals surface area (Å²) in [5, 5.41) is 0. The first kappa shape index (κ1) is 35.7. The average Bonchev–Trinajstić information content (AvgIpc) is 3.24. The molecule has 0 amide bonds. The van der Waals surface area contributed by atoms with Gasteiger partial charge in [-0.1, -0.05) is 164 Å². The summed E-state index contributed by atoms with van der Waals surface area (Å²) in [5.74, 6) is 0.370. The van der Waals surface area contributed by atoms with Crippen LogP contribution in [0.3, 0.4) is 0 Å². The van der Waals surface area contributed by atoms with E-state index < -0.39 is 0 Å². The molecule has 4 nitrogen and oxygen atoms in total. The molecule has 0 saturated carbocycles. The van der Waals surface area contributed by atoms with Gasteiger partial charge in [-0.05, 0) is 108 Å². The molecule has 0 heterocycles. The average molecular weight is 727 g/mol. The van der Waals surface area contributed by atoms with Crippen molar-refractivity contribution in [2.75, 3.05) is 0 Å². The van der Waals surface area contributed by atoms with Crippen LogP contribution in [0.15, 0.2) is 194 Å². The fraction of sp³-hybridized carbons (Fsp3) is 0.0385. The van der Waals surface area contributed by atoms with E-state index in [9.17, 15) is 9.59 Å². The molecule has 0 aliphatic carbocycles. The van der Waals surface area contributed by atoms with Crippen molar-refractivity contribution in [2.45, 2.75) is 13.8 Å². The lowest BCUT2D eigenvalue weighted by Crippen LogP contribution is -2.00. The van der Waals surface area contributed by atoms with Gasteiger partial charge in [0.25, 0.3) is 0 Å². The maximum atomic E-state index is 11.5. The molecule has 8 rings (SSSR count). The Morgan fingerprint density at radius 1 is 0.304 bits per heavy atom. The number of carbonyl (C=O) groups excluding carboxylic acids is 2. The fourth-order valence-corrected chi connectivity index (χ4v) is 7.29. The number of benzene rings is 8. The summed E-state index contributed by atoms with van der Waals surface area (Å²) in [7, 11) is 0.